The lowest BCUT2D eigenvalue weighted by Gasteiger charge is -2.29. The van der Waals surface area contributed by atoms with Gasteiger partial charge in [0.05, 0.1) is 7.11 Å². The first-order chi connectivity index (χ1) is 12.3. The summed E-state index contributed by atoms with van der Waals surface area (Å²) in [7, 11) is 1.58. The van der Waals surface area contributed by atoms with Gasteiger partial charge in [0.2, 0.25) is 0 Å². The van der Waals surface area contributed by atoms with Crippen molar-refractivity contribution < 1.29 is 14.3 Å². The third-order valence-corrected chi connectivity index (χ3v) is 4.28. The Bertz CT molecular complexity index is 712. The van der Waals surface area contributed by atoms with Gasteiger partial charge in [0.1, 0.15) is 0 Å². The predicted molar refractivity (Wildman–Crippen MR) is 99.6 cm³/mol. The zero-order valence-corrected chi connectivity index (χ0v) is 14.5. The lowest BCUT2D eigenvalue weighted by molar-refractivity contribution is -0.118. The summed E-state index contributed by atoms with van der Waals surface area (Å²) in [6.45, 7) is 2.09. The third-order valence-electron chi connectivity index (χ3n) is 4.28. The standard InChI is InChI=1S/C20H24N2O3/c1-24-18-10-3-4-11-19(18)25-15-20(23)21-16-8-7-9-17(14-16)22-12-5-2-6-13-22/h3-4,7-11,14H,2,5-6,12-13,15H2,1H3,(H,21,23). The maximum Gasteiger partial charge on any atom is 0.262 e. The highest BCUT2D eigenvalue weighted by Crippen LogP contribution is 2.26. The summed E-state index contributed by atoms with van der Waals surface area (Å²) >= 11 is 0. The number of hydrogen-bond donors (Lipinski definition) is 1. The Morgan fingerprint density at radius 3 is 2.56 bits per heavy atom. The molecule has 0 spiro atoms. The second-order valence-corrected chi connectivity index (χ2v) is 6.09. The van der Waals surface area contributed by atoms with Gasteiger partial charge in [-0.15, -0.1) is 0 Å². The lowest BCUT2D eigenvalue weighted by Crippen LogP contribution is -2.29. The number of piperidine rings is 1. The number of methoxy groups -OCH3 is 1. The molecule has 2 aromatic carbocycles. The van der Waals surface area contributed by atoms with Gasteiger partial charge in [0.15, 0.2) is 18.1 Å². The Kier molecular flexibility index (Phi) is 5.77. The first kappa shape index (κ1) is 17.1. The monoisotopic (exact) mass is 340 g/mol. The minimum atomic E-state index is -0.193. The third kappa shape index (κ3) is 4.66. The van der Waals surface area contributed by atoms with Gasteiger partial charge in [0.25, 0.3) is 5.91 Å². The summed E-state index contributed by atoms with van der Waals surface area (Å²) < 4.78 is 10.8. The highest BCUT2D eigenvalue weighted by Gasteiger charge is 2.12. The van der Waals surface area contributed by atoms with E-state index >= 15 is 0 Å². The molecular formula is C20H24N2O3. The topological polar surface area (TPSA) is 50.8 Å². The zero-order chi connectivity index (χ0) is 17.5. The molecule has 1 aliphatic heterocycles. The molecule has 2 aromatic rings. The van der Waals surface area contributed by atoms with E-state index < -0.39 is 0 Å². The van der Waals surface area contributed by atoms with Crippen LogP contribution in [0.2, 0.25) is 0 Å². The van der Waals surface area contributed by atoms with Crippen LogP contribution in [0.3, 0.4) is 0 Å². The van der Waals surface area contributed by atoms with Crippen LogP contribution in [0.25, 0.3) is 0 Å². The SMILES string of the molecule is COc1ccccc1OCC(=O)Nc1cccc(N2CCCCC2)c1. The van der Waals surface area contributed by atoms with Crippen LogP contribution in [0, 0.1) is 0 Å². The van der Waals surface area contributed by atoms with E-state index in [4.69, 9.17) is 9.47 Å². The Hall–Kier alpha value is -2.69. The summed E-state index contributed by atoms with van der Waals surface area (Å²) in [6, 6.07) is 15.3. The van der Waals surface area contributed by atoms with Crippen LogP contribution >= 0.6 is 0 Å². The molecule has 132 valence electrons. The number of ether oxygens (including phenoxy) is 2. The van der Waals surface area contributed by atoms with Crippen LogP contribution in [-0.2, 0) is 4.79 Å². The molecule has 3 rings (SSSR count). The number of anilines is 2. The Morgan fingerprint density at radius 1 is 1.04 bits per heavy atom. The quantitative estimate of drug-likeness (QED) is 0.871. The van der Waals surface area contributed by atoms with E-state index in [9.17, 15) is 4.79 Å². The normalized spacial score (nSPS) is 14.0. The summed E-state index contributed by atoms with van der Waals surface area (Å²) in [5.74, 6) is 0.978. The van der Waals surface area contributed by atoms with Crippen molar-refractivity contribution >= 4 is 17.3 Å². The van der Waals surface area contributed by atoms with Gasteiger partial charge in [-0.2, -0.15) is 0 Å². The van der Waals surface area contributed by atoms with Crippen molar-refractivity contribution in [3.05, 3.63) is 48.5 Å². The average Bonchev–Trinajstić information content (AvgIpc) is 2.67. The number of rotatable bonds is 6. The fraction of sp³-hybridized carbons (Fsp3) is 0.350. The van der Waals surface area contributed by atoms with Crippen molar-refractivity contribution in [1.82, 2.24) is 0 Å². The fourth-order valence-electron chi connectivity index (χ4n) is 3.01. The van der Waals surface area contributed by atoms with E-state index in [-0.39, 0.29) is 12.5 Å². The van der Waals surface area contributed by atoms with Crippen molar-refractivity contribution in [2.75, 3.05) is 37.0 Å². The molecule has 5 heteroatoms. The number of hydrogen-bond acceptors (Lipinski definition) is 4. The van der Waals surface area contributed by atoms with E-state index in [1.54, 1.807) is 19.2 Å². The number of para-hydroxylation sites is 2. The molecular weight excluding hydrogens is 316 g/mol. The number of nitrogens with one attached hydrogen (secondary N) is 1. The molecule has 5 nitrogen and oxygen atoms in total. The van der Waals surface area contributed by atoms with Crippen LogP contribution < -0.4 is 19.7 Å². The molecule has 0 saturated carbocycles. The molecule has 1 fully saturated rings. The van der Waals surface area contributed by atoms with Crippen LogP contribution in [0.4, 0.5) is 11.4 Å². The lowest BCUT2D eigenvalue weighted by atomic mass is 10.1. The molecule has 1 saturated heterocycles. The Labute approximate surface area is 148 Å². The minimum Gasteiger partial charge on any atom is -0.493 e. The first-order valence-electron chi connectivity index (χ1n) is 8.67. The molecule has 0 bridgehead atoms. The minimum absolute atomic E-state index is 0.0612. The molecule has 1 amide bonds. The number of carbonyl (C=O) groups is 1. The highest BCUT2D eigenvalue weighted by molar-refractivity contribution is 5.92. The van der Waals surface area contributed by atoms with Crippen LogP contribution in [0.5, 0.6) is 11.5 Å². The molecule has 0 unspecified atom stereocenters. The van der Waals surface area contributed by atoms with Crippen LogP contribution in [0.1, 0.15) is 19.3 Å². The average molecular weight is 340 g/mol. The number of amides is 1. The summed E-state index contributed by atoms with van der Waals surface area (Å²) in [5, 5.41) is 2.90. The summed E-state index contributed by atoms with van der Waals surface area (Å²) in [5.41, 5.74) is 1.94. The number of nitrogens with zero attached hydrogens (tertiary/aromatic N) is 1. The van der Waals surface area contributed by atoms with Crippen molar-refractivity contribution in [3.8, 4) is 11.5 Å². The van der Waals surface area contributed by atoms with Gasteiger partial charge in [-0.1, -0.05) is 18.2 Å². The molecule has 0 aliphatic carbocycles. The zero-order valence-electron chi connectivity index (χ0n) is 14.5. The van der Waals surface area contributed by atoms with Gasteiger partial charge >= 0.3 is 0 Å². The second-order valence-electron chi connectivity index (χ2n) is 6.09. The second kappa shape index (κ2) is 8.42. The summed E-state index contributed by atoms with van der Waals surface area (Å²) in [6.07, 6.45) is 3.75. The van der Waals surface area contributed by atoms with Gasteiger partial charge < -0.3 is 19.7 Å². The van der Waals surface area contributed by atoms with E-state index in [1.807, 2.05) is 30.3 Å². The predicted octanol–water partition coefficient (Wildman–Crippen LogP) is 3.70. The maximum atomic E-state index is 12.2. The smallest absolute Gasteiger partial charge is 0.262 e. The van der Waals surface area contributed by atoms with Crippen molar-refractivity contribution in [3.63, 3.8) is 0 Å². The van der Waals surface area contributed by atoms with Gasteiger partial charge in [-0.3, -0.25) is 4.79 Å². The molecule has 1 aliphatic rings. The molecule has 0 atom stereocenters. The van der Waals surface area contributed by atoms with Crippen LogP contribution in [-0.4, -0.2) is 32.7 Å². The van der Waals surface area contributed by atoms with Gasteiger partial charge in [-0.05, 0) is 49.6 Å². The Morgan fingerprint density at radius 2 is 1.80 bits per heavy atom. The van der Waals surface area contributed by atoms with E-state index in [1.165, 1.54) is 19.3 Å². The first-order valence-corrected chi connectivity index (χ1v) is 8.67. The molecule has 0 aromatic heterocycles. The maximum absolute atomic E-state index is 12.2. The van der Waals surface area contributed by atoms with Crippen molar-refractivity contribution in [2.45, 2.75) is 19.3 Å². The highest BCUT2D eigenvalue weighted by atomic mass is 16.5. The largest absolute Gasteiger partial charge is 0.493 e. The Balaban J connectivity index is 1.57. The van der Waals surface area contributed by atoms with Crippen molar-refractivity contribution in [2.24, 2.45) is 0 Å². The molecule has 0 radical (unpaired) electrons. The fourth-order valence-corrected chi connectivity index (χ4v) is 3.01. The van der Waals surface area contributed by atoms with E-state index in [0.717, 1.165) is 24.5 Å². The summed E-state index contributed by atoms with van der Waals surface area (Å²) in [4.78, 5) is 14.5. The number of benzene rings is 2. The molecule has 25 heavy (non-hydrogen) atoms. The number of carbonyl (C=O) groups excluding carboxylic acids is 1. The van der Waals surface area contributed by atoms with Crippen molar-refractivity contribution in [1.29, 1.82) is 0 Å². The molecule has 1 heterocycles. The van der Waals surface area contributed by atoms with Crippen LogP contribution in [0.15, 0.2) is 48.5 Å². The van der Waals surface area contributed by atoms with E-state index in [2.05, 4.69) is 16.3 Å². The van der Waals surface area contributed by atoms with Gasteiger partial charge in [-0.25, -0.2) is 0 Å². The molecule has 1 N–H and O–H groups in total. The van der Waals surface area contributed by atoms with Gasteiger partial charge in [0, 0.05) is 24.5 Å². The van der Waals surface area contributed by atoms with E-state index in [0.29, 0.717) is 11.5 Å².